The number of ether oxygens (including phenoxy) is 2. The summed E-state index contributed by atoms with van der Waals surface area (Å²) < 4.78 is 10.7. The third kappa shape index (κ3) is 2.11. The average Bonchev–Trinajstić information content (AvgIpc) is 2.27. The van der Waals surface area contributed by atoms with Crippen LogP contribution in [-0.4, -0.2) is 55.7 Å². The number of carbonyl (C=O) groups excluding carboxylic acids is 1. The number of likely N-dealkylation sites (N-methyl/N-ethyl adjacent to an activating group) is 1. The fraction of sp³-hybridized carbons (Fsp3) is 0.750. The molecule has 0 saturated carbocycles. The largest absolute Gasteiger partial charge is 0.369 e. The highest BCUT2D eigenvalue weighted by molar-refractivity contribution is 5.94. The fourth-order valence-electron chi connectivity index (χ4n) is 2.67. The van der Waals surface area contributed by atoms with E-state index in [-0.39, 0.29) is 18.4 Å². The molecule has 1 amide bonds. The second kappa shape index (κ2) is 4.53. The molecule has 0 spiro atoms. The van der Waals surface area contributed by atoms with Crippen molar-refractivity contribution in [1.29, 1.82) is 0 Å². The summed E-state index contributed by atoms with van der Waals surface area (Å²) in [6, 6.07) is 0. The van der Waals surface area contributed by atoms with Crippen molar-refractivity contribution in [2.24, 2.45) is 5.92 Å². The lowest BCUT2D eigenvalue weighted by atomic mass is 9.82. The quantitative estimate of drug-likeness (QED) is 0.706. The molecule has 2 bridgehead atoms. The molecule has 1 saturated heterocycles. The van der Waals surface area contributed by atoms with Gasteiger partial charge in [0.1, 0.15) is 0 Å². The number of carbonyl (C=O) groups is 1. The van der Waals surface area contributed by atoms with Crippen LogP contribution in [0, 0.1) is 5.92 Å². The first-order valence-corrected chi connectivity index (χ1v) is 5.95. The van der Waals surface area contributed by atoms with Gasteiger partial charge in [0, 0.05) is 44.8 Å². The molecule has 2 aliphatic heterocycles. The minimum absolute atomic E-state index is 0.0837. The van der Waals surface area contributed by atoms with Gasteiger partial charge in [0.2, 0.25) is 0 Å². The first kappa shape index (κ1) is 13.3. The maximum absolute atomic E-state index is 12.2. The van der Waals surface area contributed by atoms with E-state index in [0.29, 0.717) is 17.7 Å². The molecule has 0 unspecified atom stereocenters. The third-order valence-corrected chi connectivity index (χ3v) is 3.44. The van der Waals surface area contributed by atoms with Crippen LogP contribution in [0.1, 0.15) is 13.3 Å². The van der Waals surface area contributed by atoms with Gasteiger partial charge in [-0.3, -0.25) is 4.79 Å². The number of nitrogens with one attached hydrogen (secondary N) is 1. The van der Waals surface area contributed by atoms with Gasteiger partial charge in [0.15, 0.2) is 12.0 Å². The van der Waals surface area contributed by atoms with Gasteiger partial charge in [-0.1, -0.05) is 0 Å². The zero-order valence-corrected chi connectivity index (χ0v) is 11.2. The number of aliphatic hydroxyl groups is 1. The number of fused-ring (bicyclic) bond motifs is 2. The molecule has 0 radical (unpaired) electrons. The van der Waals surface area contributed by atoms with E-state index < -0.39 is 12.0 Å². The van der Waals surface area contributed by atoms with E-state index in [0.717, 1.165) is 0 Å². The van der Waals surface area contributed by atoms with Crippen LogP contribution in [0.3, 0.4) is 0 Å². The average molecular weight is 256 g/mol. The van der Waals surface area contributed by atoms with Crippen LogP contribution in [0.25, 0.3) is 0 Å². The van der Waals surface area contributed by atoms with Crippen LogP contribution >= 0.6 is 0 Å². The van der Waals surface area contributed by atoms with Gasteiger partial charge in [-0.25, -0.2) is 0 Å². The lowest BCUT2D eigenvalue weighted by Crippen LogP contribution is -2.60. The molecule has 2 aliphatic rings. The predicted octanol–water partition coefficient (Wildman–Crippen LogP) is -0.351. The molecular formula is C12H20N2O4. The number of allylic oxidation sites excluding steroid dienone is 1. The Morgan fingerprint density at radius 2 is 2.28 bits per heavy atom. The Labute approximate surface area is 107 Å². The van der Waals surface area contributed by atoms with E-state index in [2.05, 4.69) is 5.32 Å². The number of methoxy groups -OCH3 is 1. The van der Waals surface area contributed by atoms with E-state index in [1.165, 1.54) is 4.90 Å². The Morgan fingerprint density at radius 1 is 1.61 bits per heavy atom. The zero-order chi connectivity index (χ0) is 13.5. The molecule has 0 aromatic heterocycles. The molecule has 1 fully saturated rings. The topological polar surface area (TPSA) is 71.0 Å². The Kier molecular flexibility index (Phi) is 3.35. The Hall–Kier alpha value is -1.11. The van der Waals surface area contributed by atoms with Crippen molar-refractivity contribution in [3.63, 3.8) is 0 Å². The Bertz CT molecular complexity index is 394. The summed E-state index contributed by atoms with van der Waals surface area (Å²) in [6.07, 6.45) is -0.0705. The summed E-state index contributed by atoms with van der Waals surface area (Å²) in [6.45, 7) is 1.95. The van der Waals surface area contributed by atoms with Crippen molar-refractivity contribution in [3.05, 3.63) is 11.3 Å². The van der Waals surface area contributed by atoms with Crippen LogP contribution in [0.15, 0.2) is 11.3 Å². The van der Waals surface area contributed by atoms with Gasteiger partial charge in [0.25, 0.3) is 5.91 Å². The number of amides is 1. The molecule has 3 atom stereocenters. The Balaban J connectivity index is 2.39. The third-order valence-electron chi connectivity index (χ3n) is 3.44. The fourth-order valence-corrected chi connectivity index (χ4v) is 2.67. The lowest BCUT2D eigenvalue weighted by Gasteiger charge is -2.46. The molecule has 2 N–H and O–H groups in total. The van der Waals surface area contributed by atoms with E-state index in [1.807, 2.05) is 0 Å². The van der Waals surface area contributed by atoms with Gasteiger partial charge in [-0.15, -0.1) is 0 Å². The van der Waals surface area contributed by atoms with Crippen molar-refractivity contribution < 1.29 is 19.4 Å². The monoisotopic (exact) mass is 256 g/mol. The van der Waals surface area contributed by atoms with Crippen molar-refractivity contribution in [1.82, 2.24) is 10.2 Å². The second-order valence-electron chi connectivity index (χ2n) is 5.12. The van der Waals surface area contributed by atoms with Gasteiger partial charge in [-0.05, 0) is 6.92 Å². The molecule has 18 heavy (non-hydrogen) atoms. The van der Waals surface area contributed by atoms with Crippen molar-refractivity contribution in [3.8, 4) is 0 Å². The molecule has 0 aromatic carbocycles. The molecule has 6 heteroatoms. The molecule has 2 heterocycles. The van der Waals surface area contributed by atoms with E-state index in [1.54, 1.807) is 28.1 Å². The highest BCUT2D eigenvalue weighted by Gasteiger charge is 2.48. The maximum atomic E-state index is 12.2. The molecular weight excluding hydrogens is 236 g/mol. The summed E-state index contributed by atoms with van der Waals surface area (Å²) >= 11 is 0. The summed E-state index contributed by atoms with van der Waals surface area (Å²) in [5.74, 6) is -0.329. The number of rotatable bonds is 2. The minimum atomic E-state index is -1.10. The summed E-state index contributed by atoms with van der Waals surface area (Å²) in [5, 5.41) is 13.2. The van der Waals surface area contributed by atoms with Gasteiger partial charge < -0.3 is 24.8 Å². The highest BCUT2D eigenvalue weighted by atomic mass is 16.7. The van der Waals surface area contributed by atoms with E-state index in [4.69, 9.17) is 9.47 Å². The maximum Gasteiger partial charge on any atom is 0.251 e. The van der Waals surface area contributed by atoms with Gasteiger partial charge >= 0.3 is 0 Å². The van der Waals surface area contributed by atoms with Crippen LogP contribution in [0.5, 0.6) is 0 Å². The number of hydrogen-bond acceptors (Lipinski definition) is 5. The van der Waals surface area contributed by atoms with Crippen molar-refractivity contribution in [2.75, 3.05) is 27.8 Å². The van der Waals surface area contributed by atoms with Crippen LogP contribution in [-0.2, 0) is 14.3 Å². The molecule has 0 aromatic rings. The molecule has 2 rings (SSSR count). The smallest absolute Gasteiger partial charge is 0.251 e. The summed E-state index contributed by atoms with van der Waals surface area (Å²) in [4.78, 5) is 13.7. The van der Waals surface area contributed by atoms with Gasteiger partial charge in [-0.2, -0.15) is 0 Å². The van der Waals surface area contributed by atoms with Crippen molar-refractivity contribution >= 4 is 5.91 Å². The predicted molar refractivity (Wildman–Crippen MR) is 64.3 cm³/mol. The highest BCUT2D eigenvalue weighted by Crippen LogP contribution is 2.38. The van der Waals surface area contributed by atoms with Gasteiger partial charge in [0.05, 0.1) is 6.61 Å². The normalized spacial score (nSPS) is 35.2. The van der Waals surface area contributed by atoms with E-state index >= 15 is 0 Å². The molecule has 6 nitrogen and oxygen atoms in total. The zero-order valence-electron chi connectivity index (χ0n) is 11.2. The SMILES string of the molecule is CO[C@H]1OC[C@@]2(O)C[C@@H]1C(C(=O)N(C)C)=C(C)N2. The number of nitrogens with zero attached hydrogens (tertiary/aromatic N) is 1. The second-order valence-corrected chi connectivity index (χ2v) is 5.12. The molecule has 102 valence electrons. The van der Waals surface area contributed by atoms with E-state index in [9.17, 15) is 9.90 Å². The summed E-state index contributed by atoms with van der Waals surface area (Å²) in [7, 11) is 4.95. The number of hydrogen-bond donors (Lipinski definition) is 2. The van der Waals surface area contributed by atoms with Crippen LogP contribution < -0.4 is 5.32 Å². The van der Waals surface area contributed by atoms with Crippen LogP contribution in [0.4, 0.5) is 0 Å². The lowest BCUT2D eigenvalue weighted by molar-refractivity contribution is -0.236. The van der Waals surface area contributed by atoms with Crippen LogP contribution in [0.2, 0.25) is 0 Å². The first-order chi connectivity index (χ1) is 8.38. The van der Waals surface area contributed by atoms with Crippen molar-refractivity contribution in [2.45, 2.75) is 25.4 Å². The first-order valence-electron chi connectivity index (χ1n) is 5.95. The minimum Gasteiger partial charge on any atom is -0.369 e. The Morgan fingerprint density at radius 3 is 2.83 bits per heavy atom. The standard InChI is InChI=1S/C12H20N2O4/c1-7-9(10(15)14(2)3)8-5-12(16,13-7)6-18-11(8)17-4/h8,11,13,16H,5-6H2,1-4H3/t8-,11+,12+/m1/s1. The summed E-state index contributed by atoms with van der Waals surface area (Å²) in [5.41, 5.74) is 0.217. The molecule has 0 aliphatic carbocycles.